The number of carbonyl (C=O) groups excluding carboxylic acids is 1. The van der Waals surface area contributed by atoms with E-state index in [1.54, 1.807) is 18.2 Å². The van der Waals surface area contributed by atoms with Crippen molar-refractivity contribution in [3.05, 3.63) is 45.4 Å². The average Bonchev–Trinajstić information content (AvgIpc) is 2.76. The molecule has 4 nitrogen and oxygen atoms in total. The minimum atomic E-state index is -1.21. The van der Waals surface area contributed by atoms with Gasteiger partial charge in [-0.05, 0) is 0 Å². The molecule has 0 saturated carbocycles. The van der Waals surface area contributed by atoms with Gasteiger partial charge in [-0.1, -0.05) is 0 Å². The van der Waals surface area contributed by atoms with Crippen molar-refractivity contribution < 1.29 is 14.7 Å². The van der Waals surface area contributed by atoms with Gasteiger partial charge in [-0.2, -0.15) is 0 Å². The topological polar surface area (TPSA) is 67.3 Å². The summed E-state index contributed by atoms with van der Waals surface area (Å²) in [4.78, 5) is 27.3. The number of carboxylic acids is 1. The Morgan fingerprint density at radius 3 is 2.72 bits per heavy atom. The van der Waals surface area contributed by atoms with E-state index >= 15 is 0 Å². The second kappa shape index (κ2) is 5.65. The van der Waals surface area contributed by atoms with Crippen molar-refractivity contribution in [2.45, 2.75) is 0 Å². The van der Waals surface area contributed by atoms with Crippen LogP contribution in [0.1, 0.15) is 20.0 Å². The van der Waals surface area contributed by atoms with Crippen LogP contribution in [0.4, 0.5) is 0 Å². The van der Waals surface area contributed by atoms with Gasteiger partial charge in [0.1, 0.15) is 0 Å². The van der Waals surface area contributed by atoms with Crippen LogP contribution in [-0.2, 0) is 0 Å². The molecular weight excluding hydrogens is 337 g/mol. The predicted octanol–water partition coefficient (Wildman–Crippen LogP) is 1.40. The van der Waals surface area contributed by atoms with Gasteiger partial charge in [-0.25, -0.2) is 0 Å². The summed E-state index contributed by atoms with van der Waals surface area (Å²) in [5.41, 5.74) is 0.105. The Labute approximate surface area is 118 Å². The Morgan fingerprint density at radius 1 is 1.33 bits per heavy atom. The van der Waals surface area contributed by atoms with Crippen molar-refractivity contribution in [1.82, 2.24) is 4.98 Å². The van der Waals surface area contributed by atoms with Crippen LogP contribution in [0.2, 0.25) is 4.34 Å². The van der Waals surface area contributed by atoms with Crippen LogP contribution in [-0.4, -0.2) is 36.4 Å². The van der Waals surface area contributed by atoms with Crippen molar-refractivity contribution in [3.8, 4) is 0 Å². The van der Waals surface area contributed by atoms with E-state index in [1.807, 2.05) is 0 Å². The summed E-state index contributed by atoms with van der Waals surface area (Å²) >= 11 is 5.77. The van der Waals surface area contributed by atoms with Gasteiger partial charge in [0.15, 0.2) is 0 Å². The van der Waals surface area contributed by atoms with Crippen LogP contribution in [0.15, 0.2) is 30.6 Å². The first-order valence-electron chi connectivity index (χ1n) is 4.82. The minimum absolute atomic E-state index is 0.0272. The van der Waals surface area contributed by atoms with Crippen LogP contribution >= 0.6 is 22.9 Å². The molecule has 1 atom stereocenters. The van der Waals surface area contributed by atoms with Gasteiger partial charge in [0.2, 0.25) is 0 Å². The number of nitrogens with zero attached hydrogens (tertiary/aromatic N) is 1. The number of carbonyl (C=O) groups is 2. The molecule has 0 aliphatic rings. The number of aromatic nitrogens is 1. The average molecular weight is 344 g/mol. The van der Waals surface area contributed by atoms with Gasteiger partial charge in [0, 0.05) is 0 Å². The second-order valence-electron chi connectivity index (χ2n) is 3.28. The third-order valence-corrected chi connectivity index (χ3v) is 6.23. The Kier molecular flexibility index (Phi) is 4.17. The number of rotatable bonds is 4. The molecular formula is C11H7AsClNO3S. The summed E-state index contributed by atoms with van der Waals surface area (Å²) in [6.45, 7) is 0. The second-order valence-corrected chi connectivity index (χ2v) is 7.61. The molecule has 2 aromatic rings. The summed E-state index contributed by atoms with van der Waals surface area (Å²) in [6, 6.07) is 4.92. The molecule has 0 spiro atoms. The van der Waals surface area contributed by atoms with Gasteiger partial charge in [-0.3, -0.25) is 0 Å². The number of hydrogen-bond acceptors (Lipinski definition) is 4. The number of aromatic carboxylic acids is 1. The van der Waals surface area contributed by atoms with Crippen LogP contribution in [0, 0.1) is 0 Å². The van der Waals surface area contributed by atoms with E-state index in [1.165, 1.54) is 23.7 Å². The molecule has 7 heteroatoms. The molecule has 0 bridgehead atoms. The number of thiophene rings is 1. The Morgan fingerprint density at radius 2 is 2.11 bits per heavy atom. The van der Waals surface area contributed by atoms with E-state index in [4.69, 9.17) is 16.7 Å². The zero-order valence-corrected chi connectivity index (χ0v) is 12.6. The molecule has 0 fully saturated rings. The molecule has 2 rings (SSSR count). The summed E-state index contributed by atoms with van der Waals surface area (Å²) in [7, 11) is 0. The molecule has 0 radical (unpaired) electrons. The predicted molar refractivity (Wildman–Crippen MR) is 71.6 cm³/mol. The van der Waals surface area contributed by atoms with Crippen LogP contribution in [0.3, 0.4) is 0 Å². The molecule has 1 unspecified atom stereocenters. The SMILES string of the molecule is O=C([AsH]c1ccncc1C(=O)O)c1ccc(Cl)s1. The van der Waals surface area contributed by atoms with E-state index in [9.17, 15) is 9.59 Å². The molecule has 0 aliphatic carbocycles. The first-order chi connectivity index (χ1) is 8.58. The quantitative estimate of drug-likeness (QED) is 0.852. The number of carboxylic acid groups (broad SMARTS) is 1. The molecule has 2 aromatic heterocycles. The fourth-order valence-electron chi connectivity index (χ4n) is 1.29. The molecule has 92 valence electrons. The molecule has 0 amide bonds. The third-order valence-electron chi connectivity index (χ3n) is 2.10. The van der Waals surface area contributed by atoms with E-state index in [0.29, 0.717) is 13.6 Å². The maximum atomic E-state index is 12.0. The van der Waals surface area contributed by atoms with Gasteiger partial charge < -0.3 is 0 Å². The van der Waals surface area contributed by atoms with Gasteiger partial charge in [-0.15, -0.1) is 0 Å². The molecule has 18 heavy (non-hydrogen) atoms. The molecule has 0 saturated heterocycles. The van der Waals surface area contributed by atoms with E-state index in [2.05, 4.69) is 4.98 Å². The summed E-state index contributed by atoms with van der Waals surface area (Å²) in [5.74, 6) is -1.06. The van der Waals surface area contributed by atoms with Gasteiger partial charge >= 0.3 is 119 Å². The van der Waals surface area contributed by atoms with E-state index < -0.39 is 21.7 Å². The standard InChI is InChI=1S/C11H7AsClNO3S/c13-9-2-1-8(18-9)10(15)12-7-3-4-14-5-6(7)11(16)17/h1-5,12H,(H,16,17). The zero-order valence-electron chi connectivity index (χ0n) is 8.88. The molecule has 0 aliphatic heterocycles. The maximum absolute atomic E-state index is 12.0. The van der Waals surface area contributed by atoms with Crippen LogP contribution in [0.25, 0.3) is 0 Å². The molecule has 1 N–H and O–H groups in total. The summed E-state index contributed by atoms with van der Waals surface area (Å²) in [6.07, 6.45) is 2.77. The summed E-state index contributed by atoms with van der Waals surface area (Å²) < 4.78 is 1.10. The van der Waals surface area contributed by atoms with Crippen molar-refractivity contribution in [2.24, 2.45) is 0 Å². The van der Waals surface area contributed by atoms with Crippen molar-refractivity contribution in [1.29, 1.82) is 0 Å². The number of hydrogen-bond donors (Lipinski definition) is 1. The Hall–Kier alpha value is -1.16. The number of pyridine rings is 1. The van der Waals surface area contributed by atoms with E-state index in [-0.39, 0.29) is 10.1 Å². The van der Waals surface area contributed by atoms with Crippen molar-refractivity contribution >= 4 is 53.6 Å². The fourth-order valence-corrected chi connectivity index (χ4v) is 4.69. The zero-order chi connectivity index (χ0) is 13.1. The fraction of sp³-hybridized carbons (Fsp3) is 0. The summed E-state index contributed by atoms with van der Waals surface area (Å²) in [5, 5.41) is 9.00. The molecule has 0 aromatic carbocycles. The van der Waals surface area contributed by atoms with Crippen molar-refractivity contribution in [2.75, 3.05) is 0 Å². The van der Waals surface area contributed by atoms with Gasteiger partial charge in [0.25, 0.3) is 0 Å². The van der Waals surface area contributed by atoms with Crippen LogP contribution in [0.5, 0.6) is 0 Å². The first-order valence-corrected chi connectivity index (χ1v) is 8.11. The Bertz CT molecular complexity index is 614. The van der Waals surface area contributed by atoms with Crippen LogP contribution < -0.4 is 4.35 Å². The normalized spacial score (nSPS) is 10.9. The Balaban J connectivity index is 2.24. The third kappa shape index (κ3) is 2.99. The monoisotopic (exact) mass is 343 g/mol. The van der Waals surface area contributed by atoms with Crippen molar-refractivity contribution in [3.63, 3.8) is 0 Å². The number of halogens is 1. The molecule has 2 heterocycles. The van der Waals surface area contributed by atoms with E-state index in [0.717, 1.165) is 0 Å². The van der Waals surface area contributed by atoms with Gasteiger partial charge in [0.05, 0.1) is 0 Å². The first kappa shape index (κ1) is 13.3.